The van der Waals surface area contributed by atoms with Crippen molar-refractivity contribution >= 4 is 0 Å². The fourth-order valence-electron chi connectivity index (χ4n) is 1.71. The number of allylic oxidation sites excluding steroid dienone is 1. The van der Waals surface area contributed by atoms with Gasteiger partial charge in [-0.2, -0.15) is 5.10 Å². The SMILES string of the molecule is CC(C)NC1=CNC(c2cnn(C)c2)C=C1. The zero-order chi connectivity index (χ0) is 11.5. The van der Waals surface area contributed by atoms with Crippen molar-refractivity contribution < 1.29 is 0 Å². The zero-order valence-corrected chi connectivity index (χ0v) is 9.94. The van der Waals surface area contributed by atoms with Gasteiger partial charge in [0.05, 0.1) is 12.2 Å². The van der Waals surface area contributed by atoms with Gasteiger partial charge < -0.3 is 10.6 Å². The highest BCUT2D eigenvalue weighted by atomic mass is 15.2. The van der Waals surface area contributed by atoms with Crippen molar-refractivity contribution in [3.63, 3.8) is 0 Å². The Morgan fingerprint density at radius 2 is 2.31 bits per heavy atom. The summed E-state index contributed by atoms with van der Waals surface area (Å²) in [5.74, 6) is 0. The van der Waals surface area contributed by atoms with Crippen LogP contribution in [0.4, 0.5) is 0 Å². The maximum atomic E-state index is 4.17. The molecule has 86 valence electrons. The quantitative estimate of drug-likeness (QED) is 0.807. The molecule has 4 nitrogen and oxygen atoms in total. The number of nitrogens with one attached hydrogen (secondary N) is 2. The lowest BCUT2D eigenvalue weighted by molar-refractivity contribution is 0.652. The summed E-state index contributed by atoms with van der Waals surface area (Å²) in [5, 5.41) is 10.9. The van der Waals surface area contributed by atoms with E-state index in [0.717, 1.165) is 5.70 Å². The molecule has 2 heterocycles. The third-order valence-electron chi connectivity index (χ3n) is 2.43. The lowest BCUT2D eigenvalue weighted by atomic mass is 10.1. The summed E-state index contributed by atoms with van der Waals surface area (Å²) >= 11 is 0. The van der Waals surface area contributed by atoms with Gasteiger partial charge in [-0.3, -0.25) is 4.68 Å². The van der Waals surface area contributed by atoms with Crippen LogP contribution in [0.15, 0.2) is 36.4 Å². The first-order chi connectivity index (χ1) is 7.65. The number of aromatic nitrogens is 2. The van der Waals surface area contributed by atoms with Crippen LogP contribution in [0, 0.1) is 0 Å². The number of rotatable bonds is 3. The second-order valence-corrected chi connectivity index (χ2v) is 4.35. The van der Waals surface area contributed by atoms with Crippen LogP contribution >= 0.6 is 0 Å². The fraction of sp³-hybridized carbons (Fsp3) is 0.417. The molecule has 0 saturated heterocycles. The molecule has 16 heavy (non-hydrogen) atoms. The normalized spacial score (nSPS) is 19.5. The van der Waals surface area contributed by atoms with Gasteiger partial charge in [0.2, 0.25) is 0 Å². The van der Waals surface area contributed by atoms with Crippen LogP contribution < -0.4 is 10.6 Å². The number of aryl methyl sites for hydroxylation is 1. The zero-order valence-electron chi connectivity index (χ0n) is 9.94. The molecule has 0 spiro atoms. The van der Waals surface area contributed by atoms with Crippen LogP contribution in [-0.4, -0.2) is 15.8 Å². The van der Waals surface area contributed by atoms with Gasteiger partial charge in [-0.25, -0.2) is 0 Å². The minimum atomic E-state index is 0.228. The summed E-state index contributed by atoms with van der Waals surface area (Å²) in [6, 6.07) is 0.680. The molecular weight excluding hydrogens is 200 g/mol. The van der Waals surface area contributed by atoms with Gasteiger partial charge in [-0.05, 0) is 19.9 Å². The molecule has 1 aliphatic heterocycles. The first-order valence-corrected chi connectivity index (χ1v) is 5.54. The lowest BCUT2D eigenvalue weighted by Gasteiger charge is -2.19. The molecule has 0 saturated carbocycles. The predicted octanol–water partition coefficient (Wildman–Crippen LogP) is 1.46. The second-order valence-electron chi connectivity index (χ2n) is 4.35. The molecule has 0 bridgehead atoms. The maximum absolute atomic E-state index is 4.17. The van der Waals surface area contributed by atoms with Gasteiger partial charge in [0, 0.05) is 36.7 Å². The summed E-state index contributed by atoms with van der Waals surface area (Å²) in [6.07, 6.45) is 10.2. The van der Waals surface area contributed by atoms with Crippen LogP contribution in [-0.2, 0) is 7.05 Å². The van der Waals surface area contributed by atoms with E-state index in [1.165, 1.54) is 5.56 Å². The van der Waals surface area contributed by atoms with Crippen molar-refractivity contribution in [3.8, 4) is 0 Å². The van der Waals surface area contributed by atoms with E-state index in [2.05, 4.69) is 41.7 Å². The average molecular weight is 218 g/mol. The summed E-state index contributed by atoms with van der Waals surface area (Å²) < 4.78 is 1.82. The monoisotopic (exact) mass is 218 g/mol. The Hall–Kier alpha value is -1.71. The molecular formula is C12H18N4. The van der Waals surface area contributed by atoms with Crippen LogP contribution in [0.25, 0.3) is 0 Å². The van der Waals surface area contributed by atoms with E-state index in [0.29, 0.717) is 6.04 Å². The molecule has 0 amide bonds. The van der Waals surface area contributed by atoms with Gasteiger partial charge >= 0.3 is 0 Å². The number of hydrogen-bond acceptors (Lipinski definition) is 3. The van der Waals surface area contributed by atoms with Crippen LogP contribution in [0.1, 0.15) is 25.5 Å². The van der Waals surface area contributed by atoms with Crippen molar-refractivity contribution in [1.82, 2.24) is 20.4 Å². The molecule has 2 N–H and O–H groups in total. The average Bonchev–Trinajstić information content (AvgIpc) is 2.65. The Morgan fingerprint density at radius 3 is 2.81 bits per heavy atom. The fourth-order valence-corrected chi connectivity index (χ4v) is 1.71. The van der Waals surface area contributed by atoms with Crippen LogP contribution in [0.2, 0.25) is 0 Å². The van der Waals surface area contributed by atoms with E-state index in [4.69, 9.17) is 0 Å². The molecule has 0 aliphatic carbocycles. The summed E-state index contributed by atoms with van der Waals surface area (Å²) in [4.78, 5) is 0. The van der Waals surface area contributed by atoms with E-state index in [1.807, 2.05) is 30.3 Å². The van der Waals surface area contributed by atoms with E-state index < -0.39 is 0 Å². The third kappa shape index (κ3) is 2.45. The van der Waals surface area contributed by atoms with Crippen molar-refractivity contribution in [1.29, 1.82) is 0 Å². The molecule has 0 aromatic carbocycles. The molecule has 1 aromatic rings. The summed E-state index contributed by atoms with van der Waals surface area (Å²) in [5.41, 5.74) is 2.30. The predicted molar refractivity (Wildman–Crippen MR) is 64.6 cm³/mol. The second kappa shape index (κ2) is 4.43. The van der Waals surface area contributed by atoms with Gasteiger partial charge in [0.1, 0.15) is 0 Å². The van der Waals surface area contributed by atoms with E-state index >= 15 is 0 Å². The molecule has 1 atom stereocenters. The van der Waals surface area contributed by atoms with Crippen molar-refractivity contribution in [3.05, 3.63) is 42.0 Å². The molecule has 0 fully saturated rings. The first-order valence-electron chi connectivity index (χ1n) is 5.54. The molecule has 1 aromatic heterocycles. The van der Waals surface area contributed by atoms with Crippen molar-refractivity contribution in [2.45, 2.75) is 25.9 Å². The highest BCUT2D eigenvalue weighted by molar-refractivity contribution is 5.28. The molecule has 1 aliphatic rings. The van der Waals surface area contributed by atoms with E-state index in [1.54, 1.807) is 0 Å². The Balaban J connectivity index is 2.00. The Labute approximate surface area is 96.0 Å². The Kier molecular flexibility index (Phi) is 2.99. The van der Waals surface area contributed by atoms with Crippen LogP contribution in [0.5, 0.6) is 0 Å². The number of hydrogen-bond donors (Lipinski definition) is 2. The summed E-state index contributed by atoms with van der Waals surface area (Å²) in [7, 11) is 1.93. The molecule has 0 radical (unpaired) electrons. The Morgan fingerprint density at radius 1 is 1.50 bits per heavy atom. The largest absolute Gasteiger partial charge is 0.382 e. The molecule has 4 heteroatoms. The number of nitrogens with zero attached hydrogens (tertiary/aromatic N) is 2. The lowest BCUT2D eigenvalue weighted by Crippen LogP contribution is -2.26. The van der Waals surface area contributed by atoms with E-state index in [9.17, 15) is 0 Å². The maximum Gasteiger partial charge on any atom is 0.0727 e. The Bertz CT molecular complexity index is 414. The van der Waals surface area contributed by atoms with Crippen LogP contribution in [0.3, 0.4) is 0 Å². The molecule has 1 unspecified atom stereocenters. The minimum absolute atomic E-state index is 0.228. The van der Waals surface area contributed by atoms with E-state index in [-0.39, 0.29) is 6.04 Å². The van der Waals surface area contributed by atoms with Gasteiger partial charge in [-0.1, -0.05) is 6.08 Å². The van der Waals surface area contributed by atoms with Gasteiger partial charge in [0.15, 0.2) is 0 Å². The highest BCUT2D eigenvalue weighted by Gasteiger charge is 2.11. The smallest absolute Gasteiger partial charge is 0.0727 e. The van der Waals surface area contributed by atoms with Gasteiger partial charge in [-0.15, -0.1) is 0 Å². The van der Waals surface area contributed by atoms with Crippen molar-refractivity contribution in [2.75, 3.05) is 0 Å². The van der Waals surface area contributed by atoms with Gasteiger partial charge in [0.25, 0.3) is 0 Å². The molecule has 2 rings (SSSR count). The first kappa shape index (κ1) is 10.8. The summed E-state index contributed by atoms with van der Waals surface area (Å²) in [6.45, 7) is 4.25. The highest BCUT2D eigenvalue weighted by Crippen LogP contribution is 2.17. The minimum Gasteiger partial charge on any atom is -0.382 e. The number of dihydropyridines is 1. The third-order valence-corrected chi connectivity index (χ3v) is 2.43. The standard InChI is InChI=1S/C12H18N4/c1-9(2)15-11-4-5-12(13-7-11)10-6-14-16(3)8-10/h4-9,12-13,15H,1-3H3. The van der Waals surface area contributed by atoms with Crippen molar-refractivity contribution in [2.24, 2.45) is 7.05 Å². The topological polar surface area (TPSA) is 41.9 Å².